The second kappa shape index (κ2) is 8.12. The Hall–Kier alpha value is -3.71. The van der Waals surface area contributed by atoms with E-state index in [0.29, 0.717) is 40.6 Å². The van der Waals surface area contributed by atoms with Crippen molar-refractivity contribution in [3.63, 3.8) is 0 Å². The van der Waals surface area contributed by atoms with E-state index in [1.54, 1.807) is 13.3 Å². The van der Waals surface area contributed by atoms with E-state index >= 15 is 0 Å². The summed E-state index contributed by atoms with van der Waals surface area (Å²) in [6.45, 7) is 0. The minimum atomic E-state index is 0.146. The van der Waals surface area contributed by atoms with E-state index in [1.807, 2.05) is 25.2 Å². The first-order valence-corrected chi connectivity index (χ1v) is 9.12. The van der Waals surface area contributed by atoms with Crippen molar-refractivity contribution in [3.8, 4) is 29.0 Å². The van der Waals surface area contributed by atoms with E-state index in [9.17, 15) is 0 Å². The molecule has 1 aliphatic rings. The maximum Gasteiger partial charge on any atom is 0.226 e. The summed E-state index contributed by atoms with van der Waals surface area (Å²) in [5.74, 6) is 2.14. The van der Waals surface area contributed by atoms with Crippen LogP contribution in [-0.2, 0) is 0 Å². The predicted octanol–water partition coefficient (Wildman–Crippen LogP) is 2.01. The minimum absolute atomic E-state index is 0.146. The van der Waals surface area contributed by atoms with Gasteiger partial charge in [0.25, 0.3) is 0 Å². The molecule has 0 unspecified atom stereocenters. The van der Waals surface area contributed by atoms with Crippen LogP contribution in [0.2, 0.25) is 0 Å². The first-order chi connectivity index (χ1) is 14.2. The molecule has 1 saturated carbocycles. The van der Waals surface area contributed by atoms with Gasteiger partial charge in [0.1, 0.15) is 29.3 Å². The van der Waals surface area contributed by atoms with Crippen molar-refractivity contribution in [2.45, 2.75) is 25.0 Å². The molecule has 0 radical (unpaired) electrons. The van der Waals surface area contributed by atoms with E-state index in [0.717, 1.165) is 12.8 Å². The van der Waals surface area contributed by atoms with Crippen molar-refractivity contribution < 1.29 is 9.47 Å². The molecule has 3 aromatic rings. The molecule has 0 aliphatic heterocycles. The lowest BCUT2D eigenvalue weighted by Crippen LogP contribution is -2.45. The lowest BCUT2D eigenvalue weighted by Gasteiger charge is -2.35. The number of hydrogen-bond acceptors (Lipinski definition) is 9. The fourth-order valence-corrected chi connectivity index (χ4v) is 3.10. The van der Waals surface area contributed by atoms with Crippen LogP contribution in [0.25, 0.3) is 11.3 Å². The van der Waals surface area contributed by atoms with E-state index in [2.05, 4.69) is 35.8 Å². The van der Waals surface area contributed by atoms with Crippen molar-refractivity contribution in [3.05, 3.63) is 36.4 Å². The third kappa shape index (κ3) is 3.95. The fraction of sp³-hybridized carbons (Fsp3) is 0.316. The van der Waals surface area contributed by atoms with Crippen molar-refractivity contribution in [2.24, 2.45) is 0 Å². The summed E-state index contributed by atoms with van der Waals surface area (Å²) in [5, 5.41) is 22.4. The molecule has 0 spiro atoms. The topological polar surface area (TPSA) is 134 Å². The van der Waals surface area contributed by atoms with Crippen LogP contribution in [0.4, 0.5) is 11.6 Å². The molecule has 3 heterocycles. The van der Waals surface area contributed by atoms with E-state index in [1.165, 1.54) is 12.4 Å². The van der Waals surface area contributed by atoms with Crippen LogP contribution in [0.5, 0.6) is 11.6 Å². The van der Waals surface area contributed by atoms with Crippen LogP contribution >= 0.6 is 0 Å². The third-order valence-corrected chi connectivity index (χ3v) is 4.74. The number of nitriles is 1. The van der Waals surface area contributed by atoms with Gasteiger partial charge in [0.05, 0.1) is 25.2 Å². The molecular formula is C19H20N8O2. The molecule has 148 valence electrons. The number of ether oxygens (including phenoxy) is 2. The maximum absolute atomic E-state index is 8.81. The number of nitrogens with one attached hydrogen (secondary N) is 3. The number of pyridine rings is 1. The number of aromatic amines is 1. The average Bonchev–Trinajstić information content (AvgIpc) is 3.18. The van der Waals surface area contributed by atoms with Crippen molar-refractivity contribution in [2.75, 3.05) is 19.5 Å². The van der Waals surface area contributed by atoms with Gasteiger partial charge in [-0.15, -0.1) is 0 Å². The lowest BCUT2D eigenvalue weighted by atomic mass is 9.89. The normalized spacial score (nSPS) is 17.8. The second-order valence-electron chi connectivity index (χ2n) is 6.58. The van der Waals surface area contributed by atoms with Gasteiger partial charge in [0.2, 0.25) is 5.88 Å². The molecule has 10 nitrogen and oxygen atoms in total. The first kappa shape index (κ1) is 18.6. The lowest BCUT2D eigenvalue weighted by molar-refractivity contribution is 0.0887. The van der Waals surface area contributed by atoms with Gasteiger partial charge >= 0.3 is 0 Å². The zero-order valence-corrected chi connectivity index (χ0v) is 16.0. The number of anilines is 2. The van der Waals surface area contributed by atoms with E-state index < -0.39 is 0 Å². The fourth-order valence-electron chi connectivity index (χ4n) is 3.10. The zero-order valence-electron chi connectivity index (χ0n) is 16.0. The summed E-state index contributed by atoms with van der Waals surface area (Å²) < 4.78 is 11.6. The minimum Gasteiger partial charge on any atom is -0.489 e. The molecule has 1 fully saturated rings. The van der Waals surface area contributed by atoms with Crippen LogP contribution in [0.3, 0.4) is 0 Å². The summed E-state index contributed by atoms with van der Waals surface area (Å²) in [6, 6.07) is 6.05. The molecule has 29 heavy (non-hydrogen) atoms. The molecular weight excluding hydrogens is 372 g/mol. The number of H-pyrrole nitrogens is 1. The first-order valence-electron chi connectivity index (χ1n) is 9.12. The largest absolute Gasteiger partial charge is 0.489 e. The zero-order chi connectivity index (χ0) is 20.2. The number of methoxy groups -OCH3 is 1. The van der Waals surface area contributed by atoms with Gasteiger partial charge in [-0.3, -0.25) is 5.10 Å². The molecule has 0 bridgehead atoms. The Kier molecular flexibility index (Phi) is 5.22. The van der Waals surface area contributed by atoms with Crippen LogP contribution < -0.4 is 20.1 Å². The Bertz CT molecular complexity index is 1020. The molecule has 0 aromatic carbocycles. The Balaban J connectivity index is 1.56. The monoisotopic (exact) mass is 392 g/mol. The van der Waals surface area contributed by atoms with Crippen molar-refractivity contribution in [1.29, 1.82) is 5.26 Å². The molecule has 10 heteroatoms. The highest BCUT2D eigenvalue weighted by Gasteiger charge is 2.31. The summed E-state index contributed by atoms with van der Waals surface area (Å²) in [7, 11) is 3.52. The molecule has 4 rings (SSSR count). The van der Waals surface area contributed by atoms with Gasteiger partial charge < -0.3 is 20.1 Å². The van der Waals surface area contributed by atoms with Gasteiger partial charge in [0.15, 0.2) is 11.5 Å². The Labute approximate surface area is 167 Å². The van der Waals surface area contributed by atoms with Crippen molar-refractivity contribution in [1.82, 2.24) is 30.5 Å². The highest BCUT2D eigenvalue weighted by molar-refractivity contribution is 5.74. The molecule has 0 atom stereocenters. The highest BCUT2D eigenvalue weighted by atomic mass is 16.5. The van der Waals surface area contributed by atoms with Gasteiger partial charge in [-0.05, 0) is 26.0 Å². The van der Waals surface area contributed by atoms with Crippen molar-refractivity contribution >= 4 is 11.6 Å². The standard InChI is InChI=1S/C19H20N8O2/c1-21-11-5-13(6-11)29-15-3-4-22-19(28-2)18(15)14-7-16(27-26-14)25-17-10-23-12(8-20)9-24-17/h3-4,7,9-11,13,21H,5-6H2,1-2H3,(H2,24,25,26,27). The second-order valence-corrected chi connectivity index (χ2v) is 6.58. The summed E-state index contributed by atoms with van der Waals surface area (Å²) >= 11 is 0. The van der Waals surface area contributed by atoms with Gasteiger partial charge in [-0.25, -0.2) is 15.0 Å². The van der Waals surface area contributed by atoms with Crippen LogP contribution in [-0.4, -0.2) is 51.5 Å². The number of nitrogens with zero attached hydrogens (tertiary/aromatic N) is 5. The predicted molar refractivity (Wildman–Crippen MR) is 105 cm³/mol. The SMILES string of the molecule is CNC1CC(Oc2ccnc(OC)c2-c2cc(Nc3cnc(C#N)cn3)n[nH]2)C1. The molecule has 3 aromatic heterocycles. The number of rotatable bonds is 7. The molecule has 0 saturated heterocycles. The summed E-state index contributed by atoms with van der Waals surface area (Å²) in [5.41, 5.74) is 1.64. The van der Waals surface area contributed by atoms with Crippen LogP contribution in [0.1, 0.15) is 18.5 Å². The molecule has 1 aliphatic carbocycles. The average molecular weight is 392 g/mol. The quantitative estimate of drug-likeness (QED) is 0.552. The van der Waals surface area contributed by atoms with Crippen LogP contribution in [0.15, 0.2) is 30.7 Å². The number of hydrogen-bond donors (Lipinski definition) is 3. The molecule has 0 amide bonds. The number of aromatic nitrogens is 5. The Morgan fingerprint density at radius 2 is 2.07 bits per heavy atom. The Morgan fingerprint density at radius 3 is 2.76 bits per heavy atom. The summed E-state index contributed by atoms with van der Waals surface area (Å²) in [6.07, 6.45) is 6.58. The Morgan fingerprint density at radius 1 is 1.21 bits per heavy atom. The van der Waals surface area contributed by atoms with E-state index in [-0.39, 0.29) is 11.8 Å². The van der Waals surface area contributed by atoms with E-state index in [4.69, 9.17) is 14.7 Å². The smallest absolute Gasteiger partial charge is 0.226 e. The van der Waals surface area contributed by atoms with Crippen LogP contribution in [0, 0.1) is 11.3 Å². The van der Waals surface area contributed by atoms with Gasteiger partial charge in [-0.1, -0.05) is 0 Å². The van der Waals surface area contributed by atoms with Gasteiger partial charge in [0, 0.05) is 18.3 Å². The molecule has 3 N–H and O–H groups in total. The highest BCUT2D eigenvalue weighted by Crippen LogP contribution is 2.39. The summed E-state index contributed by atoms with van der Waals surface area (Å²) in [4.78, 5) is 12.4. The maximum atomic E-state index is 8.81. The third-order valence-electron chi connectivity index (χ3n) is 4.74. The van der Waals surface area contributed by atoms with Gasteiger partial charge in [-0.2, -0.15) is 10.4 Å².